The minimum atomic E-state index is -0.0573. The third-order valence-electron chi connectivity index (χ3n) is 8.21. The summed E-state index contributed by atoms with van der Waals surface area (Å²) in [4.78, 5) is 8.24. The molecule has 1 aliphatic rings. The molecule has 0 amide bonds. The summed E-state index contributed by atoms with van der Waals surface area (Å²) in [5.74, 6) is 14.7. The Hall–Kier alpha value is -4.14. The zero-order chi connectivity index (χ0) is 27.2. The zero-order valence-corrected chi connectivity index (χ0v) is 23.5. The Balaban J connectivity index is 1.65. The Kier molecular flexibility index (Phi) is 7.95. The van der Waals surface area contributed by atoms with E-state index in [4.69, 9.17) is 0 Å². The van der Waals surface area contributed by atoms with E-state index in [0.717, 1.165) is 47.9 Å². The van der Waals surface area contributed by atoms with Crippen molar-refractivity contribution in [3.8, 4) is 34.8 Å². The van der Waals surface area contributed by atoms with Crippen molar-refractivity contribution in [2.24, 2.45) is 11.8 Å². The second kappa shape index (κ2) is 11.7. The van der Waals surface area contributed by atoms with Gasteiger partial charge in [0.15, 0.2) is 0 Å². The molecule has 1 aliphatic carbocycles. The maximum Gasteiger partial charge on any atom is 0.0280 e. The molecular formula is C37H36N2. The summed E-state index contributed by atoms with van der Waals surface area (Å²) in [7, 11) is 0. The van der Waals surface area contributed by atoms with Crippen LogP contribution in [0.15, 0.2) is 85.5 Å². The first kappa shape index (κ1) is 26.5. The number of benzene rings is 2. The van der Waals surface area contributed by atoms with Crippen LogP contribution in [0.25, 0.3) is 11.1 Å². The predicted octanol–water partition coefficient (Wildman–Crippen LogP) is 8.42. The lowest BCUT2D eigenvalue weighted by atomic mass is 9.66. The minimum Gasteiger partial charge on any atom is -0.265 e. The molecule has 0 bridgehead atoms. The van der Waals surface area contributed by atoms with Crippen LogP contribution in [0.1, 0.15) is 86.8 Å². The van der Waals surface area contributed by atoms with Crippen LogP contribution in [0.3, 0.4) is 0 Å². The number of aromatic nitrogens is 2. The minimum absolute atomic E-state index is 0.0573. The Bertz CT molecular complexity index is 1440. The fourth-order valence-corrected chi connectivity index (χ4v) is 5.81. The number of nitrogens with zero attached hydrogens (tertiary/aromatic N) is 2. The van der Waals surface area contributed by atoms with Gasteiger partial charge in [0.25, 0.3) is 0 Å². The summed E-state index contributed by atoms with van der Waals surface area (Å²) in [6.07, 6.45) is 11.7. The molecule has 2 heteroatoms. The Morgan fingerprint density at radius 1 is 0.564 bits per heavy atom. The molecule has 0 N–H and O–H groups in total. The third-order valence-corrected chi connectivity index (χ3v) is 8.21. The van der Waals surface area contributed by atoms with Crippen molar-refractivity contribution < 1.29 is 0 Å². The summed E-state index contributed by atoms with van der Waals surface area (Å²) in [5, 5.41) is 0. The highest BCUT2D eigenvalue weighted by atomic mass is 14.6. The molecule has 2 atom stereocenters. The second-order valence-corrected chi connectivity index (χ2v) is 11.0. The van der Waals surface area contributed by atoms with E-state index in [9.17, 15) is 0 Å². The number of pyridine rings is 2. The van der Waals surface area contributed by atoms with Crippen molar-refractivity contribution in [1.29, 1.82) is 0 Å². The van der Waals surface area contributed by atoms with E-state index >= 15 is 0 Å². The van der Waals surface area contributed by atoms with Crippen molar-refractivity contribution in [2.75, 3.05) is 0 Å². The molecule has 2 aromatic carbocycles. The second-order valence-electron chi connectivity index (χ2n) is 11.0. The van der Waals surface area contributed by atoms with Crippen LogP contribution in [0.5, 0.6) is 0 Å². The first-order valence-corrected chi connectivity index (χ1v) is 14.2. The quantitative estimate of drug-likeness (QED) is 0.244. The van der Waals surface area contributed by atoms with Gasteiger partial charge in [-0.2, -0.15) is 0 Å². The van der Waals surface area contributed by atoms with Gasteiger partial charge in [0.05, 0.1) is 0 Å². The van der Waals surface area contributed by atoms with Crippen LogP contribution in [0.2, 0.25) is 0 Å². The zero-order valence-electron chi connectivity index (χ0n) is 23.5. The fourth-order valence-electron chi connectivity index (χ4n) is 5.81. The first-order valence-electron chi connectivity index (χ1n) is 14.2. The number of hydrogen-bond donors (Lipinski definition) is 0. The van der Waals surface area contributed by atoms with Gasteiger partial charge in [-0.25, -0.2) is 0 Å². The van der Waals surface area contributed by atoms with Gasteiger partial charge in [-0.15, -0.1) is 0 Å². The maximum absolute atomic E-state index is 4.12. The van der Waals surface area contributed by atoms with Crippen LogP contribution >= 0.6 is 0 Å². The summed E-state index contributed by atoms with van der Waals surface area (Å²) >= 11 is 0. The predicted molar refractivity (Wildman–Crippen MR) is 161 cm³/mol. The van der Waals surface area contributed by atoms with Gasteiger partial charge < -0.3 is 0 Å². The van der Waals surface area contributed by atoms with Crippen molar-refractivity contribution in [3.05, 3.63) is 119 Å². The Morgan fingerprint density at radius 3 is 1.33 bits per heavy atom. The Labute approximate surface area is 234 Å². The highest BCUT2D eigenvalue weighted by Gasteiger charge is 2.44. The van der Waals surface area contributed by atoms with E-state index in [0.29, 0.717) is 11.8 Å². The molecule has 0 aliphatic heterocycles. The van der Waals surface area contributed by atoms with E-state index in [1.165, 1.54) is 22.3 Å². The molecule has 0 spiro atoms. The highest BCUT2D eigenvalue weighted by Crippen LogP contribution is 2.55. The van der Waals surface area contributed by atoms with E-state index in [-0.39, 0.29) is 5.41 Å². The van der Waals surface area contributed by atoms with Crippen molar-refractivity contribution >= 4 is 0 Å². The molecule has 0 radical (unpaired) electrons. The SMILES string of the molecule is CC[C@H](C)CC1(C[C@@H](C)CC)c2cc(C#Cc3ccncc3)ccc2-c2ccc(C#Cc3ccncc3)cc21. The first-order chi connectivity index (χ1) is 19.0. The maximum atomic E-state index is 4.12. The number of hydrogen-bond acceptors (Lipinski definition) is 2. The van der Waals surface area contributed by atoms with Gasteiger partial charge in [-0.3, -0.25) is 9.97 Å². The lowest BCUT2D eigenvalue weighted by Crippen LogP contribution is -2.30. The van der Waals surface area contributed by atoms with Gasteiger partial charge >= 0.3 is 0 Å². The van der Waals surface area contributed by atoms with Gasteiger partial charge in [0.2, 0.25) is 0 Å². The normalized spacial score (nSPS) is 14.2. The average Bonchev–Trinajstić information content (AvgIpc) is 3.23. The standard InChI is InChI=1S/C37H36N2/c1-5-27(3)25-37(26-28(4)6-2)35-23-31(9-7-29-15-19-38-20-16-29)11-13-33(35)34-14-12-32(24-36(34)37)10-8-30-17-21-39-22-18-30/h11-24,27-28H,5-6,25-26H2,1-4H3/t27-,28-/m0/s1. The van der Waals surface area contributed by atoms with Crippen molar-refractivity contribution in [1.82, 2.24) is 9.97 Å². The van der Waals surface area contributed by atoms with Gasteiger partial charge in [-0.05, 0) is 95.5 Å². The van der Waals surface area contributed by atoms with E-state index in [1.807, 2.05) is 24.3 Å². The third kappa shape index (κ3) is 5.67. The van der Waals surface area contributed by atoms with Gasteiger partial charge in [-0.1, -0.05) is 76.4 Å². The van der Waals surface area contributed by atoms with E-state index in [1.54, 1.807) is 24.8 Å². The summed E-state index contributed by atoms with van der Waals surface area (Å²) in [5.41, 5.74) is 9.59. The molecule has 2 nitrogen and oxygen atoms in total. The molecule has 0 fully saturated rings. The molecule has 4 aromatic rings. The van der Waals surface area contributed by atoms with Crippen LogP contribution in [-0.4, -0.2) is 9.97 Å². The molecular weight excluding hydrogens is 472 g/mol. The highest BCUT2D eigenvalue weighted by molar-refractivity contribution is 5.82. The molecule has 39 heavy (non-hydrogen) atoms. The summed E-state index contributed by atoms with van der Waals surface area (Å²) < 4.78 is 0. The van der Waals surface area contributed by atoms with Crippen LogP contribution < -0.4 is 0 Å². The topological polar surface area (TPSA) is 25.8 Å². The lowest BCUT2D eigenvalue weighted by Gasteiger charge is -2.37. The summed E-state index contributed by atoms with van der Waals surface area (Å²) in [6, 6.07) is 21.5. The number of rotatable bonds is 6. The fraction of sp³-hybridized carbons (Fsp3) is 0.297. The van der Waals surface area contributed by atoms with Gasteiger partial charge in [0.1, 0.15) is 0 Å². The molecule has 2 heterocycles. The molecule has 194 valence electrons. The van der Waals surface area contributed by atoms with Gasteiger partial charge in [0, 0.05) is 52.5 Å². The molecule has 0 unspecified atom stereocenters. The van der Waals surface area contributed by atoms with Crippen molar-refractivity contribution in [3.63, 3.8) is 0 Å². The summed E-state index contributed by atoms with van der Waals surface area (Å²) in [6.45, 7) is 9.42. The molecule has 0 saturated heterocycles. The van der Waals surface area contributed by atoms with E-state index < -0.39 is 0 Å². The van der Waals surface area contributed by atoms with Crippen LogP contribution in [0.4, 0.5) is 0 Å². The van der Waals surface area contributed by atoms with Crippen molar-refractivity contribution in [2.45, 2.75) is 58.8 Å². The average molecular weight is 509 g/mol. The smallest absolute Gasteiger partial charge is 0.0280 e. The number of fused-ring (bicyclic) bond motifs is 3. The molecule has 0 saturated carbocycles. The largest absolute Gasteiger partial charge is 0.265 e. The molecule has 5 rings (SSSR count). The lowest BCUT2D eigenvalue weighted by molar-refractivity contribution is 0.308. The Morgan fingerprint density at radius 2 is 0.949 bits per heavy atom. The molecule has 2 aromatic heterocycles. The van der Waals surface area contributed by atoms with Crippen LogP contribution in [0, 0.1) is 35.5 Å². The monoisotopic (exact) mass is 508 g/mol. The van der Waals surface area contributed by atoms with E-state index in [2.05, 4.69) is 97.7 Å². The van der Waals surface area contributed by atoms with Crippen LogP contribution in [-0.2, 0) is 5.41 Å².